The highest BCUT2D eigenvalue weighted by Crippen LogP contribution is 2.47. The quantitative estimate of drug-likeness (QED) is 0.644. The minimum Gasteiger partial charge on any atom is -0.395 e. The highest BCUT2D eigenvalue weighted by Gasteiger charge is 2.25. The number of rotatable bonds is 8. The molecule has 0 spiro atoms. The zero-order valence-corrected chi connectivity index (χ0v) is 16.9. The Morgan fingerprint density at radius 2 is 1.37 bits per heavy atom. The van der Waals surface area contributed by atoms with E-state index in [1.54, 1.807) is 11.8 Å². The second-order valence-corrected chi connectivity index (χ2v) is 7.13. The van der Waals surface area contributed by atoms with Crippen LogP contribution in [0.5, 0.6) is 0 Å². The van der Waals surface area contributed by atoms with E-state index in [-0.39, 0.29) is 13.2 Å². The van der Waals surface area contributed by atoms with Gasteiger partial charge in [0.15, 0.2) is 0 Å². The smallest absolute Gasteiger partial charge is 0.0846 e. The zero-order chi connectivity index (χ0) is 19.6. The lowest BCUT2D eigenvalue weighted by Crippen LogP contribution is -2.41. The van der Waals surface area contributed by atoms with Crippen LogP contribution in [-0.4, -0.2) is 65.7 Å². The molecule has 1 atom stereocenters. The molecule has 1 aliphatic rings. The van der Waals surface area contributed by atoms with Gasteiger partial charge >= 0.3 is 0 Å². The molecule has 3 rings (SSSR count). The largest absolute Gasteiger partial charge is 0.395 e. The van der Waals surface area contributed by atoms with Gasteiger partial charge in [0.1, 0.15) is 0 Å². The van der Waals surface area contributed by atoms with Gasteiger partial charge in [0.05, 0.1) is 37.2 Å². The fraction of sp³-hybridized carbons (Fsp3) is 0.429. The Bertz CT molecular complexity index is 647. The summed E-state index contributed by atoms with van der Waals surface area (Å²) in [6, 6.07) is 16.4. The number of β-amino-alcohol motifs (C(OH)–C–C–N with tert-alkyl or cyclic N) is 1. The fourth-order valence-electron chi connectivity index (χ4n) is 3.12. The summed E-state index contributed by atoms with van der Waals surface area (Å²) in [5, 5.41) is 28.9. The molecule has 2 aromatic carbocycles. The molecule has 0 saturated carbocycles. The summed E-state index contributed by atoms with van der Waals surface area (Å²) in [5.74, 6) is 0. The number of nitrogens with zero attached hydrogens (tertiary/aromatic N) is 2. The van der Waals surface area contributed by atoms with Crippen molar-refractivity contribution in [3.63, 3.8) is 0 Å². The van der Waals surface area contributed by atoms with E-state index in [9.17, 15) is 5.11 Å². The highest BCUT2D eigenvalue weighted by atomic mass is 32.2. The molecular weight excluding hydrogens is 360 g/mol. The lowest BCUT2D eigenvalue weighted by atomic mass is 10.2. The van der Waals surface area contributed by atoms with E-state index < -0.39 is 6.10 Å². The number of hydrogen-bond donors (Lipinski definition) is 3. The Labute approximate surface area is 166 Å². The number of aliphatic hydroxyl groups excluding tert-OH is 3. The molecule has 0 radical (unpaired) electrons. The van der Waals surface area contributed by atoms with E-state index >= 15 is 0 Å². The van der Waals surface area contributed by atoms with E-state index in [1.807, 2.05) is 43.0 Å². The normalized spacial score (nSPS) is 13.5. The molecule has 1 unspecified atom stereocenters. The molecule has 1 heterocycles. The first-order chi connectivity index (χ1) is 13.2. The van der Waals surface area contributed by atoms with E-state index in [0.29, 0.717) is 26.2 Å². The molecule has 27 heavy (non-hydrogen) atoms. The maximum Gasteiger partial charge on any atom is 0.0846 e. The summed E-state index contributed by atoms with van der Waals surface area (Å²) in [5.41, 5.74) is 2.20. The first-order valence-corrected chi connectivity index (χ1v) is 10.3. The molecule has 3 N–H and O–H groups in total. The maximum atomic E-state index is 10.6. The summed E-state index contributed by atoms with van der Waals surface area (Å²) >= 11 is 1.74. The van der Waals surface area contributed by atoms with Gasteiger partial charge in [0.25, 0.3) is 0 Å². The van der Waals surface area contributed by atoms with Gasteiger partial charge in [-0.05, 0) is 24.3 Å². The Balaban J connectivity index is 0.00000126. The molecule has 2 aromatic rings. The molecular formula is C21H30N2O3S. The van der Waals surface area contributed by atoms with Gasteiger partial charge < -0.3 is 20.2 Å². The van der Waals surface area contributed by atoms with Gasteiger partial charge in [-0.2, -0.15) is 0 Å². The van der Waals surface area contributed by atoms with Crippen LogP contribution in [-0.2, 0) is 0 Å². The van der Waals surface area contributed by atoms with Crippen molar-refractivity contribution in [2.24, 2.45) is 0 Å². The molecule has 0 aromatic heterocycles. The fourth-order valence-corrected chi connectivity index (χ4v) is 4.22. The summed E-state index contributed by atoms with van der Waals surface area (Å²) < 4.78 is 0. The monoisotopic (exact) mass is 390 g/mol. The summed E-state index contributed by atoms with van der Waals surface area (Å²) in [6.07, 6.45) is -0.595. The average molecular weight is 391 g/mol. The van der Waals surface area contributed by atoms with Crippen LogP contribution in [0.2, 0.25) is 0 Å². The highest BCUT2D eigenvalue weighted by molar-refractivity contribution is 7.99. The van der Waals surface area contributed by atoms with Crippen molar-refractivity contribution in [2.75, 3.05) is 44.3 Å². The van der Waals surface area contributed by atoms with Crippen molar-refractivity contribution in [2.45, 2.75) is 29.7 Å². The molecule has 148 valence electrons. The minimum atomic E-state index is -0.595. The summed E-state index contributed by atoms with van der Waals surface area (Å²) in [6.45, 7) is 5.79. The predicted octanol–water partition coefficient (Wildman–Crippen LogP) is 2.96. The van der Waals surface area contributed by atoms with E-state index in [1.165, 1.54) is 9.79 Å². The topological polar surface area (TPSA) is 67.2 Å². The van der Waals surface area contributed by atoms with Gasteiger partial charge in [-0.3, -0.25) is 4.90 Å². The number of para-hydroxylation sites is 2. The standard InChI is InChI=1S/C19H24N2O3S.C2H6/c22-11-9-20(10-12-23)13-15(24)14-21-16-5-1-3-7-18(16)25-19-8-4-2-6-17(19)21;1-2/h1-8,15,22-24H,9-14H2;1-2H3. The Kier molecular flexibility index (Phi) is 9.10. The third kappa shape index (κ3) is 5.70. The first kappa shape index (κ1) is 21.7. The van der Waals surface area contributed by atoms with Gasteiger partial charge in [0, 0.05) is 29.4 Å². The van der Waals surface area contributed by atoms with Crippen molar-refractivity contribution < 1.29 is 15.3 Å². The molecule has 0 aliphatic carbocycles. The molecule has 5 nitrogen and oxygen atoms in total. The predicted molar refractivity (Wildman–Crippen MR) is 112 cm³/mol. The molecule has 0 saturated heterocycles. The van der Waals surface area contributed by atoms with Crippen molar-refractivity contribution in [3.05, 3.63) is 48.5 Å². The van der Waals surface area contributed by atoms with Crippen LogP contribution in [0.3, 0.4) is 0 Å². The van der Waals surface area contributed by atoms with Crippen molar-refractivity contribution >= 4 is 23.1 Å². The van der Waals surface area contributed by atoms with Crippen LogP contribution in [0, 0.1) is 0 Å². The molecule has 0 fully saturated rings. The molecule has 0 bridgehead atoms. The Morgan fingerprint density at radius 1 is 0.889 bits per heavy atom. The van der Waals surface area contributed by atoms with Crippen LogP contribution >= 0.6 is 11.8 Å². The lowest BCUT2D eigenvalue weighted by molar-refractivity contribution is 0.0917. The van der Waals surface area contributed by atoms with Gasteiger partial charge in [0.2, 0.25) is 0 Å². The summed E-state index contributed by atoms with van der Waals surface area (Å²) in [4.78, 5) is 6.38. The van der Waals surface area contributed by atoms with Crippen molar-refractivity contribution in [1.29, 1.82) is 0 Å². The number of anilines is 2. The van der Waals surface area contributed by atoms with E-state index in [4.69, 9.17) is 10.2 Å². The minimum absolute atomic E-state index is 0.0126. The van der Waals surface area contributed by atoms with Crippen molar-refractivity contribution in [3.8, 4) is 0 Å². The van der Waals surface area contributed by atoms with Crippen LogP contribution in [0.25, 0.3) is 0 Å². The van der Waals surface area contributed by atoms with Gasteiger partial charge in [-0.15, -0.1) is 0 Å². The van der Waals surface area contributed by atoms with E-state index in [0.717, 1.165) is 11.4 Å². The number of fused-ring (bicyclic) bond motifs is 2. The molecule has 6 heteroatoms. The Morgan fingerprint density at radius 3 is 1.85 bits per heavy atom. The molecule has 0 amide bonds. The SMILES string of the molecule is CC.OCCN(CCO)CC(O)CN1c2ccccc2Sc2ccccc21. The van der Waals surface area contributed by atoms with Crippen LogP contribution in [0.4, 0.5) is 11.4 Å². The third-order valence-electron chi connectivity index (χ3n) is 4.23. The van der Waals surface area contributed by atoms with Crippen molar-refractivity contribution in [1.82, 2.24) is 4.90 Å². The Hall–Kier alpha value is -1.57. The number of hydrogen-bond acceptors (Lipinski definition) is 6. The first-order valence-electron chi connectivity index (χ1n) is 9.48. The third-order valence-corrected chi connectivity index (χ3v) is 5.36. The number of benzene rings is 2. The van der Waals surface area contributed by atoms with Gasteiger partial charge in [-0.1, -0.05) is 49.9 Å². The second kappa shape index (κ2) is 11.3. The van der Waals surface area contributed by atoms with E-state index in [2.05, 4.69) is 29.2 Å². The summed E-state index contributed by atoms with van der Waals surface area (Å²) in [7, 11) is 0. The lowest BCUT2D eigenvalue weighted by Gasteiger charge is -2.35. The van der Waals surface area contributed by atoms with Gasteiger partial charge in [-0.25, -0.2) is 0 Å². The van der Waals surface area contributed by atoms with Crippen LogP contribution in [0.1, 0.15) is 13.8 Å². The average Bonchev–Trinajstić information content (AvgIpc) is 2.70. The number of aliphatic hydroxyl groups is 3. The molecule has 1 aliphatic heterocycles. The van der Waals surface area contributed by atoms with Crippen LogP contribution in [0.15, 0.2) is 58.3 Å². The maximum absolute atomic E-state index is 10.6. The van der Waals surface area contributed by atoms with Crippen LogP contribution < -0.4 is 4.90 Å². The second-order valence-electron chi connectivity index (χ2n) is 6.05. The zero-order valence-electron chi connectivity index (χ0n) is 16.1.